The topological polar surface area (TPSA) is 62.2 Å². The summed E-state index contributed by atoms with van der Waals surface area (Å²) >= 11 is 5.99. The van der Waals surface area contributed by atoms with E-state index in [4.69, 9.17) is 12.2 Å². The average molecular weight is 238 g/mol. The van der Waals surface area contributed by atoms with Gasteiger partial charge in [-0.1, -0.05) is 24.0 Å². The van der Waals surface area contributed by atoms with Crippen LogP contribution >= 0.6 is 24.0 Å². The number of carbonyl (C=O) groups excluding carboxylic acids is 1. The lowest BCUT2D eigenvalue weighted by Gasteiger charge is -1.96. The zero-order chi connectivity index (χ0) is 10.8. The zero-order valence-electron chi connectivity index (χ0n) is 7.43. The number of nitrogens with one attached hydrogen (secondary N) is 1. The molecule has 2 heterocycles. The number of amides is 1. The fraction of sp³-hybridized carbons (Fsp3) is 0. The Labute approximate surface area is 95.4 Å². The van der Waals surface area contributed by atoms with Gasteiger partial charge >= 0.3 is 0 Å². The van der Waals surface area contributed by atoms with Crippen LogP contribution in [-0.4, -0.2) is 20.3 Å². The molecule has 1 saturated heterocycles. The van der Waals surface area contributed by atoms with Gasteiger partial charge in [-0.3, -0.25) is 9.78 Å². The smallest absolute Gasteiger partial charge is 0.263 e. The van der Waals surface area contributed by atoms with E-state index in [0.717, 1.165) is 11.8 Å². The molecule has 2 rings (SSSR count). The molecular weight excluding hydrogens is 232 g/mol. The van der Waals surface area contributed by atoms with Crippen molar-refractivity contribution in [1.82, 2.24) is 10.3 Å². The Kier molecular flexibility index (Phi) is 2.70. The highest BCUT2D eigenvalue weighted by Crippen LogP contribution is 2.27. The molecule has 15 heavy (non-hydrogen) atoms. The van der Waals surface area contributed by atoms with E-state index in [9.17, 15) is 9.90 Å². The highest BCUT2D eigenvalue weighted by Gasteiger charge is 2.22. The molecule has 0 spiro atoms. The molecule has 0 saturated carbocycles. The van der Waals surface area contributed by atoms with Gasteiger partial charge in [-0.2, -0.15) is 0 Å². The van der Waals surface area contributed by atoms with E-state index in [0.29, 0.717) is 14.9 Å². The molecule has 0 atom stereocenters. The summed E-state index contributed by atoms with van der Waals surface area (Å²) in [5, 5.41) is 11.9. The summed E-state index contributed by atoms with van der Waals surface area (Å²) in [4.78, 5) is 15.7. The van der Waals surface area contributed by atoms with Crippen LogP contribution in [0.1, 0.15) is 5.69 Å². The first kappa shape index (κ1) is 10.1. The van der Waals surface area contributed by atoms with Crippen LogP contribution in [0, 0.1) is 0 Å². The third-order valence-electron chi connectivity index (χ3n) is 1.73. The van der Waals surface area contributed by atoms with Crippen LogP contribution < -0.4 is 5.32 Å². The van der Waals surface area contributed by atoms with Crippen LogP contribution in [0.15, 0.2) is 23.2 Å². The largest absolute Gasteiger partial charge is 0.506 e. The number of carbonyl (C=O) groups is 1. The Morgan fingerprint density at radius 1 is 1.60 bits per heavy atom. The quantitative estimate of drug-likeness (QED) is 0.570. The van der Waals surface area contributed by atoms with Gasteiger partial charge in [-0.05, 0) is 18.2 Å². The van der Waals surface area contributed by atoms with Crippen LogP contribution in [0.25, 0.3) is 6.08 Å². The molecule has 1 aromatic heterocycles. The summed E-state index contributed by atoms with van der Waals surface area (Å²) in [6, 6.07) is 3.12. The molecule has 1 amide bonds. The van der Waals surface area contributed by atoms with E-state index in [1.54, 1.807) is 12.3 Å². The van der Waals surface area contributed by atoms with Crippen LogP contribution in [0.3, 0.4) is 0 Å². The summed E-state index contributed by atoms with van der Waals surface area (Å²) in [5.41, 5.74) is 0.361. The lowest BCUT2D eigenvalue weighted by atomic mass is 10.3. The Morgan fingerprint density at radius 2 is 2.40 bits per heavy atom. The van der Waals surface area contributed by atoms with Gasteiger partial charge in [-0.15, -0.1) is 0 Å². The number of pyridine rings is 1. The monoisotopic (exact) mass is 238 g/mol. The number of hydrogen-bond donors (Lipinski definition) is 2. The van der Waals surface area contributed by atoms with Crippen molar-refractivity contribution in [2.45, 2.75) is 0 Å². The highest BCUT2D eigenvalue weighted by molar-refractivity contribution is 8.26. The van der Waals surface area contributed by atoms with Gasteiger partial charge in [0.15, 0.2) is 0 Å². The highest BCUT2D eigenvalue weighted by atomic mass is 32.2. The summed E-state index contributed by atoms with van der Waals surface area (Å²) in [5.74, 6) is -0.216. The van der Waals surface area contributed by atoms with E-state index in [2.05, 4.69) is 10.3 Å². The molecule has 6 heteroatoms. The van der Waals surface area contributed by atoms with Gasteiger partial charge in [0.05, 0.1) is 4.91 Å². The second-order valence-electron chi connectivity index (χ2n) is 2.76. The van der Waals surface area contributed by atoms with Crippen molar-refractivity contribution in [3.05, 3.63) is 28.9 Å². The zero-order valence-corrected chi connectivity index (χ0v) is 9.06. The summed E-state index contributed by atoms with van der Waals surface area (Å²) in [7, 11) is 0. The molecule has 1 aromatic rings. The van der Waals surface area contributed by atoms with Crippen molar-refractivity contribution < 1.29 is 9.90 Å². The van der Waals surface area contributed by atoms with Crippen molar-refractivity contribution in [2.75, 3.05) is 0 Å². The molecule has 0 aromatic carbocycles. The minimum Gasteiger partial charge on any atom is -0.506 e. The fourth-order valence-corrected chi connectivity index (χ4v) is 2.09. The average Bonchev–Trinajstić information content (AvgIpc) is 2.49. The van der Waals surface area contributed by atoms with Gasteiger partial charge < -0.3 is 10.4 Å². The van der Waals surface area contributed by atoms with E-state index in [1.807, 2.05) is 0 Å². The third kappa shape index (κ3) is 2.16. The van der Waals surface area contributed by atoms with Gasteiger partial charge in [0.25, 0.3) is 5.91 Å². The normalized spacial score (nSPS) is 18.3. The number of rotatable bonds is 1. The number of thioether (sulfide) groups is 1. The first-order valence-corrected chi connectivity index (χ1v) is 5.28. The number of thiocarbonyl (C=S) groups is 1. The summed E-state index contributed by atoms with van der Waals surface area (Å²) < 4.78 is 0.418. The second kappa shape index (κ2) is 4.00. The van der Waals surface area contributed by atoms with E-state index >= 15 is 0 Å². The van der Waals surface area contributed by atoms with Crippen molar-refractivity contribution in [2.24, 2.45) is 0 Å². The van der Waals surface area contributed by atoms with Crippen LogP contribution in [0.4, 0.5) is 0 Å². The minimum atomic E-state index is -0.255. The molecule has 2 N–H and O–H groups in total. The SMILES string of the molecule is O=C1NC(=S)S/C1=C\c1ncccc1O. The molecule has 0 unspecified atom stereocenters. The van der Waals surface area contributed by atoms with E-state index in [1.165, 1.54) is 12.1 Å². The van der Waals surface area contributed by atoms with Crippen LogP contribution in [0.2, 0.25) is 0 Å². The van der Waals surface area contributed by atoms with Gasteiger partial charge in [0.1, 0.15) is 15.8 Å². The number of aromatic hydroxyl groups is 1. The predicted octanol–water partition coefficient (Wildman–Crippen LogP) is 1.28. The number of nitrogens with zero attached hydrogens (tertiary/aromatic N) is 1. The summed E-state index contributed by atoms with van der Waals surface area (Å²) in [6.45, 7) is 0. The molecule has 0 radical (unpaired) electrons. The molecule has 76 valence electrons. The minimum absolute atomic E-state index is 0.0382. The fourth-order valence-electron chi connectivity index (χ4n) is 1.07. The predicted molar refractivity (Wildman–Crippen MR) is 62.2 cm³/mol. The number of hydrogen-bond acceptors (Lipinski definition) is 5. The second-order valence-corrected chi connectivity index (χ2v) is 4.48. The maximum Gasteiger partial charge on any atom is 0.263 e. The van der Waals surface area contributed by atoms with Gasteiger partial charge in [0, 0.05) is 6.20 Å². The van der Waals surface area contributed by atoms with Crippen LogP contribution in [-0.2, 0) is 4.79 Å². The van der Waals surface area contributed by atoms with E-state index in [-0.39, 0.29) is 11.7 Å². The van der Waals surface area contributed by atoms with Crippen molar-refractivity contribution in [1.29, 1.82) is 0 Å². The van der Waals surface area contributed by atoms with Gasteiger partial charge in [-0.25, -0.2) is 0 Å². The first-order valence-electron chi connectivity index (χ1n) is 4.05. The molecular formula is C9H6N2O2S2. The molecule has 1 fully saturated rings. The Morgan fingerprint density at radius 3 is 3.00 bits per heavy atom. The van der Waals surface area contributed by atoms with E-state index < -0.39 is 0 Å². The first-order chi connectivity index (χ1) is 7.16. The Balaban J connectivity index is 2.35. The molecule has 0 aliphatic carbocycles. The molecule has 0 bridgehead atoms. The maximum atomic E-state index is 11.3. The Bertz CT molecular complexity index is 471. The Hall–Kier alpha value is -1.40. The number of aromatic nitrogens is 1. The van der Waals surface area contributed by atoms with Crippen LogP contribution in [0.5, 0.6) is 5.75 Å². The maximum absolute atomic E-state index is 11.3. The van der Waals surface area contributed by atoms with Crippen molar-refractivity contribution in [3.63, 3.8) is 0 Å². The molecule has 4 nitrogen and oxygen atoms in total. The van der Waals surface area contributed by atoms with Gasteiger partial charge in [0.2, 0.25) is 0 Å². The lowest BCUT2D eigenvalue weighted by molar-refractivity contribution is -0.115. The third-order valence-corrected chi connectivity index (χ3v) is 2.89. The van der Waals surface area contributed by atoms with Crippen molar-refractivity contribution in [3.8, 4) is 5.75 Å². The molecule has 1 aliphatic heterocycles. The standard InChI is InChI=1S/C9H6N2O2S2/c12-6-2-1-3-10-5(6)4-7-8(13)11-9(14)15-7/h1-4,12H,(H,11,13,14)/b7-4-. The lowest BCUT2D eigenvalue weighted by Crippen LogP contribution is -2.17. The van der Waals surface area contributed by atoms with Crippen molar-refractivity contribution >= 4 is 40.3 Å². The summed E-state index contributed by atoms with van der Waals surface area (Å²) in [6.07, 6.45) is 3.05. The molecule has 1 aliphatic rings.